The van der Waals surface area contributed by atoms with Crippen molar-refractivity contribution >= 4 is 17.9 Å². The molecule has 0 saturated heterocycles. The van der Waals surface area contributed by atoms with Crippen molar-refractivity contribution in [3.8, 4) is 11.5 Å². The van der Waals surface area contributed by atoms with Crippen LogP contribution in [0.25, 0.3) is 0 Å². The van der Waals surface area contributed by atoms with Crippen molar-refractivity contribution in [1.29, 1.82) is 0 Å². The number of allylic oxidation sites excluding steroid dienone is 1. The second-order valence-corrected chi connectivity index (χ2v) is 18.4. The van der Waals surface area contributed by atoms with Crippen LogP contribution in [0, 0.1) is 17.8 Å². The van der Waals surface area contributed by atoms with Crippen LogP contribution in [0.1, 0.15) is 169 Å². The molecule has 1 aliphatic heterocycles. The molecule has 62 heavy (non-hydrogen) atoms. The van der Waals surface area contributed by atoms with Gasteiger partial charge in [0.2, 0.25) is 5.79 Å². The fourth-order valence-corrected chi connectivity index (χ4v) is 9.64. The Balaban J connectivity index is 1.83. The molecule has 1 fully saturated rings. The summed E-state index contributed by atoms with van der Waals surface area (Å²) in [5, 5.41) is 27.4. The molecule has 3 aliphatic rings. The molecule has 0 radical (unpaired) electrons. The molecule has 2 amide bonds. The summed E-state index contributed by atoms with van der Waals surface area (Å²) in [6.07, 6.45) is 20.5. The second kappa shape index (κ2) is 26.2. The topological polar surface area (TPSA) is 148 Å². The number of nitrogens with one attached hydrogen (secondary N) is 1. The SMILES string of the molecule is C=CCO[C@@]12Oc3ccc(OC(=O)NCC)cc3[C@H]3[C@H](CCCCO)[C@@H](CCCCO)C=C(C(=NOC(C)(C)C)C[C@@H]1N(CCC)C(=O)OCCCCCCCCCCCC)[C@H]32. The number of ether oxygens (including phenoxy) is 4. The zero-order valence-corrected chi connectivity index (χ0v) is 39.1. The molecular weight excluding hydrogens is 787 g/mol. The number of benzene rings is 1. The minimum Gasteiger partial charge on any atom is -0.459 e. The summed E-state index contributed by atoms with van der Waals surface area (Å²) in [4.78, 5) is 35.3. The van der Waals surface area contributed by atoms with Crippen molar-refractivity contribution in [2.45, 2.75) is 180 Å². The highest BCUT2D eigenvalue weighted by Crippen LogP contribution is 2.62. The van der Waals surface area contributed by atoms with E-state index in [0.717, 1.165) is 61.8 Å². The van der Waals surface area contributed by atoms with E-state index in [9.17, 15) is 19.8 Å². The molecule has 1 saturated carbocycles. The van der Waals surface area contributed by atoms with E-state index < -0.39 is 35.5 Å². The minimum absolute atomic E-state index is 0.0366. The van der Waals surface area contributed by atoms with E-state index in [-0.39, 0.29) is 37.6 Å². The fraction of sp³-hybridized carbons (Fsp3) is 0.740. The van der Waals surface area contributed by atoms with Crippen LogP contribution in [-0.4, -0.2) is 90.0 Å². The molecular formula is C50H81N3O9. The number of amides is 2. The number of nitrogens with zero attached hydrogens (tertiary/aromatic N) is 2. The van der Waals surface area contributed by atoms with E-state index in [0.29, 0.717) is 56.9 Å². The highest BCUT2D eigenvalue weighted by molar-refractivity contribution is 6.03. The van der Waals surface area contributed by atoms with Gasteiger partial charge in [-0.3, -0.25) is 4.90 Å². The molecule has 3 N–H and O–H groups in total. The number of fused-ring (bicyclic) bond motifs is 2. The van der Waals surface area contributed by atoms with Gasteiger partial charge in [-0.15, -0.1) is 6.58 Å². The predicted molar refractivity (Wildman–Crippen MR) is 246 cm³/mol. The van der Waals surface area contributed by atoms with Crippen LogP contribution in [0.4, 0.5) is 9.59 Å². The summed E-state index contributed by atoms with van der Waals surface area (Å²) < 4.78 is 26.3. The third-order valence-corrected chi connectivity index (χ3v) is 12.4. The maximum Gasteiger partial charge on any atom is 0.412 e. The first-order valence-electron chi connectivity index (χ1n) is 24.1. The molecule has 12 heteroatoms. The Morgan fingerprint density at radius 2 is 1.61 bits per heavy atom. The van der Waals surface area contributed by atoms with Crippen LogP contribution >= 0.6 is 0 Å². The molecule has 1 aromatic rings. The van der Waals surface area contributed by atoms with Gasteiger partial charge >= 0.3 is 12.2 Å². The zero-order valence-electron chi connectivity index (χ0n) is 39.1. The predicted octanol–water partition coefficient (Wildman–Crippen LogP) is 11.0. The van der Waals surface area contributed by atoms with Gasteiger partial charge in [0.15, 0.2) is 0 Å². The van der Waals surface area contributed by atoms with Crippen LogP contribution in [0.2, 0.25) is 0 Å². The van der Waals surface area contributed by atoms with Crippen LogP contribution in [0.3, 0.4) is 0 Å². The molecule has 0 spiro atoms. The summed E-state index contributed by atoms with van der Waals surface area (Å²) >= 11 is 0. The molecule has 1 heterocycles. The number of oxime groups is 1. The standard InChI is InChI=1S/C50H81N3O9/c1-8-12-13-14-15-16-17-18-19-24-33-58-48(57)53(29-9-2)44-36-42(52-62-49(5,6)7)40-34-37(25-20-22-30-54)39(26-21-23-31-55)45-41-35-38(60-47(56)51-11-4)27-28-43(41)61-50(44,46(40)45)59-32-10-3/h10,27-28,34-35,37,39,44-46,54-55H,3,8-9,11-26,29-33,36H2,1-2,4-7H3,(H,51,56)/t37-,39+,44-,45+,46+,50+/m0/s1. The van der Waals surface area contributed by atoms with E-state index in [2.05, 4.69) is 31.8 Å². The largest absolute Gasteiger partial charge is 0.459 e. The van der Waals surface area contributed by atoms with E-state index in [1.165, 1.54) is 44.9 Å². The van der Waals surface area contributed by atoms with Gasteiger partial charge in [0.1, 0.15) is 23.1 Å². The van der Waals surface area contributed by atoms with Gasteiger partial charge in [0.05, 0.1) is 24.8 Å². The van der Waals surface area contributed by atoms with Crippen molar-refractivity contribution in [2.75, 3.05) is 39.5 Å². The van der Waals surface area contributed by atoms with Crippen molar-refractivity contribution in [3.63, 3.8) is 0 Å². The van der Waals surface area contributed by atoms with Gasteiger partial charge in [-0.1, -0.05) is 102 Å². The lowest BCUT2D eigenvalue weighted by Gasteiger charge is -2.60. The van der Waals surface area contributed by atoms with Crippen molar-refractivity contribution < 1.29 is 43.6 Å². The Labute approximate surface area is 373 Å². The average molecular weight is 868 g/mol. The number of aliphatic hydroxyl groups is 2. The molecule has 12 nitrogen and oxygen atoms in total. The van der Waals surface area contributed by atoms with E-state index >= 15 is 0 Å². The van der Waals surface area contributed by atoms with E-state index in [4.69, 9.17) is 28.9 Å². The first kappa shape index (κ1) is 51.0. The number of carbonyl (C=O) groups excluding carboxylic acids is 2. The quantitative estimate of drug-likeness (QED) is 0.0425. The minimum atomic E-state index is -1.39. The van der Waals surface area contributed by atoms with Crippen molar-refractivity contribution in [2.24, 2.45) is 22.9 Å². The fourth-order valence-electron chi connectivity index (χ4n) is 9.64. The highest BCUT2D eigenvalue weighted by Gasteiger charge is 2.65. The highest BCUT2D eigenvalue weighted by atomic mass is 16.7. The van der Waals surface area contributed by atoms with Gasteiger partial charge in [0.25, 0.3) is 0 Å². The Hall–Kier alpha value is -3.61. The summed E-state index contributed by atoms with van der Waals surface area (Å²) in [7, 11) is 0. The Bertz CT molecular complexity index is 1590. The van der Waals surface area contributed by atoms with Gasteiger partial charge in [-0.25, -0.2) is 9.59 Å². The van der Waals surface area contributed by atoms with E-state index in [1.807, 2.05) is 39.8 Å². The van der Waals surface area contributed by atoms with E-state index in [1.54, 1.807) is 17.0 Å². The Morgan fingerprint density at radius 1 is 0.935 bits per heavy atom. The van der Waals surface area contributed by atoms with Crippen molar-refractivity contribution in [1.82, 2.24) is 10.2 Å². The smallest absolute Gasteiger partial charge is 0.412 e. The number of carbonyl (C=O) groups is 2. The van der Waals surface area contributed by atoms with Gasteiger partial charge < -0.3 is 39.3 Å². The molecule has 0 bridgehead atoms. The summed E-state index contributed by atoms with van der Waals surface area (Å²) in [5.74, 6) is -1.02. The number of rotatable bonds is 28. The number of unbranched alkanes of at least 4 members (excludes halogenated alkanes) is 11. The second-order valence-electron chi connectivity index (χ2n) is 18.4. The molecule has 6 atom stereocenters. The lowest BCUT2D eigenvalue weighted by Crippen LogP contribution is -2.70. The maximum absolute atomic E-state index is 14.5. The van der Waals surface area contributed by atoms with Crippen LogP contribution in [-0.2, 0) is 14.3 Å². The molecule has 350 valence electrons. The maximum atomic E-state index is 14.5. The van der Waals surface area contributed by atoms with Crippen LogP contribution in [0.15, 0.2) is 47.7 Å². The van der Waals surface area contributed by atoms with Gasteiger partial charge in [-0.2, -0.15) is 0 Å². The first-order valence-corrected chi connectivity index (χ1v) is 24.1. The Morgan fingerprint density at radius 3 is 2.24 bits per heavy atom. The van der Waals surface area contributed by atoms with Crippen molar-refractivity contribution in [3.05, 3.63) is 48.1 Å². The third-order valence-electron chi connectivity index (χ3n) is 12.4. The molecule has 2 aliphatic carbocycles. The zero-order chi connectivity index (χ0) is 45.0. The first-order chi connectivity index (χ1) is 30.0. The van der Waals surface area contributed by atoms with Crippen LogP contribution < -0.4 is 14.8 Å². The average Bonchev–Trinajstić information content (AvgIpc) is 3.24. The monoisotopic (exact) mass is 868 g/mol. The molecule has 0 unspecified atom stereocenters. The third kappa shape index (κ3) is 14.2. The lowest BCUT2D eigenvalue weighted by atomic mass is 9.55. The molecule has 0 aromatic heterocycles. The van der Waals surface area contributed by atoms with Crippen LogP contribution in [0.5, 0.6) is 11.5 Å². The van der Waals surface area contributed by atoms with Gasteiger partial charge in [-0.05, 0) is 102 Å². The van der Waals surface area contributed by atoms with Gasteiger partial charge in [0, 0.05) is 44.2 Å². The molecule has 1 aromatic carbocycles. The number of aliphatic hydroxyl groups excluding tert-OH is 2. The number of hydrogen-bond acceptors (Lipinski definition) is 10. The molecule has 4 rings (SSSR count). The summed E-state index contributed by atoms with van der Waals surface area (Å²) in [6.45, 7) is 17.6. The number of hydrogen-bond donors (Lipinski definition) is 3. The normalized spacial score (nSPS) is 23.4. The summed E-state index contributed by atoms with van der Waals surface area (Å²) in [6, 6.07) is 4.83. The lowest BCUT2D eigenvalue weighted by molar-refractivity contribution is -0.255. The Kier molecular flexibility index (Phi) is 21.6. The summed E-state index contributed by atoms with van der Waals surface area (Å²) in [5.41, 5.74) is 1.96.